The molecule has 0 heterocycles. The van der Waals surface area contributed by atoms with Crippen molar-refractivity contribution in [2.24, 2.45) is 0 Å². The number of hydrogen-bond acceptors (Lipinski definition) is 3. The van der Waals surface area contributed by atoms with Crippen LogP contribution in [0.4, 0.5) is 0 Å². The third-order valence-electron chi connectivity index (χ3n) is 2.06. The summed E-state index contributed by atoms with van der Waals surface area (Å²) in [6.45, 7) is 3.23. The van der Waals surface area contributed by atoms with E-state index in [-0.39, 0.29) is 0 Å². The van der Waals surface area contributed by atoms with Gasteiger partial charge in [-0.15, -0.1) is 11.6 Å². The molecule has 0 unspecified atom stereocenters. The molecular weight excluding hydrogens is 324 g/mol. The molecule has 0 bridgehead atoms. The number of rotatable bonds is 7. The summed E-state index contributed by atoms with van der Waals surface area (Å²) in [7, 11) is 0. The van der Waals surface area contributed by atoms with Gasteiger partial charge in [0.05, 0.1) is 17.7 Å². The van der Waals surface area contributed by atoms with Gasteiger partial charge in [0.15, 0.2) is 11.5 Å². The lowest BCUT2D eigenvalue weighted by molar-refractivity contribution is 0.287. The van der Waals surface area contributed by atoms with Crippen LogP contribution in [0, 0.1) is 0 Å². The smallest absolute Gasteiger partial charge is 0.175 e. The van der Waals surface area contributed by atoms with Crippen molar-refractivity contribution in [2.75, 3.05) is 25.2 Å². The summed E-state index contributed by atoms with van der Waals surface area (Å²) in [6, 6.07) is 3.89. The zero-order valence-corrected chi connectivity index (χ0v) is 13.1. The molecule has 0 N–H and O–H groups in total. The summed E-state index contributed by atoms with van der Waals surface area (Å²) in [5, 5.41) is 0. The second-order valence-electron chi connectivity index (χ2n) is 3.31. The van der Waals surface area contributed by atoms with E-state index >= 15 is 0 Å². The van der Waals surface area contributed by atoms with Crippen molar-refractivity contribution in [1.82, 2.24) is 0 Å². The number of halogens is 2. The van der Waals surface area contributed by atoms with Crippen molar-refractivity contribution in [3.63, 3.8) is 0 Å². The molecule has 0 amide bonds. The van der Waals surface area contributed by atoms with E-state index in [4.69, 9.17) is 21.1 Å². The van der Waals surface area contributed by atoms with Gasteiger partial charge in [0.2, 0.25) is 0 Å². The lowest BCUT2D eigenvalue weighted by Crippen LogP contribution is -2.04. The molecule has 96 valence electrons. The quantitative estimate of drug-likeness (QED) is 0.544. The highest BCUT2D eigenvalue weighted by molar-refractivity contribution is 9.10. The van der Waals surface area contributed by atoms with Gasteiger partial charge >= 0.3 is 0 Å². The van der Waals surface area contributed by atoms with Crippen LogP contribution >= 0.6 is 39.3 Å². The minimum Gasteiger partial charge on any atom is -0.490 e. The zero-order valence-electron chi connectivity index (χ0n) is 9.96. The number of alkyl halides is 1. The Bertz CT molecular complexity index is 361. The van der Waals surface area contributed by atoms with Gasteiger partial charge in [0, 0.05) is 11.6 Å². The summed E-state index contributed by atoms with van der Waals surface area (Å²) in [5.41, 5.74) is 1.01. The Labute approximate surface area is 120 Å². The number of benzene rings is 1. The second-order valence-corrected chi connectivity index (χ2v) is 5.42. The molecule has 0 aromatic heterocycles. The minimum atomic E-state index is 0.462. The molecule has 17 heavy (non-hydrogen) atoms. The van der Waals surface area contributed by atoms with Gasteiger partial charge in [-0.3, -0.25) is 0 Å². The molecule has 2 nitrogen and oxygen atoms in total. The van der Waals surface area contributed by atoms with E-state index < -0.39 is 0 Å². The van der Waals surface area contributed by atoms with Crippen molar-refractivity contribution < 1.29 is 9.47 Å². The Kier molecular flexibility index (Phi) is 7.16. The first-order valence-corrected chi connectivity index (χ1v) is 8.08. The number of ether oxygens (including phenoxy) is 2. The van der Waals surface area contributed by atoms with Crippen LogP contribution in [-0.2, 0) is 5.88 Å². The van der Waals surface area contributed by atoms with Gasteiger partial charge < -0.3 is 9.47 Å². The normalized spacial score (nSPS) is 10.4. The van der Waals surface area contributed by atoms with Crippen molar-refractivity contribution in [2.45, 2.75) is 12.8 Å². The number of hydrogen-bond donors (Lipinski definition) is 0. The zero-order chi connectivity index (χ0) is 12.7. The predicted molar refractivity (Wildman–Crippen MR) is 78.7 cm³/mol. The molecule has 0 saturated carbocycles. The molecule has 1 aromatic rings. The molecule has 0 spiro atoms. The minimum absolute atomic E-state index is 0.462. The standard InChI is InChI=1S/C12H16BrClO2S/c1-3-15-11-7-9(8-14)6-10(13)12(11)16-4-5-17-2/h6-7H,3-5,8H2,1-2H3. The highest BCUT2D eigenvalue weighted by Gasteiger charge is 2.11. The van der Waals surface area contributed by atoms with Crippen LogP contribution in [0.5, 0.6) is 11.5 Å². The highest BCUT2D eigenvalue weighted by atomic mass is 79.9. The Morgan fingerprint density at radius 2 is 2.12 bits per heavy atom. The summed E-state index contributed by atoms with van der Waals surface area (Å²) in [5.74, 6) is 2.92. The average molecular weight is 340 g/mol. The SMILES string of the molecule is CCOc1cc(CCl)cc(Br)c1OCCSC. The van der Waals surface area contributed by atoms with E-state index in [9.17, 15) is 0 Å². The second kappa shape index (κ2) is 8.11. The Morgan fingerprint density at radius 3 is 2.71 bits per heavy atom. The summed E-state index contributed by atoms with van der Waals surface area (Å²) in [6.07, 6.45) is 2.05. The van der Waals surface area contributed by atoms with E-state index in [0.29, 0.717) is 19.1 Å². The topological polar surface area (TPSA) is 18.5 Å². The molecule has 5 heteroatoms. The Morgan fingerprint density at radius 1 is 1.35 bits per heavy atom. The third-order valence-corrected chi connectivity index (χ3v) is 3.53. The Balaban J connectivity index is 2.90. The molecule has 0 aliphatic carbocycles. The van der Waals surface area contributed by atoms with Crippen molar-refractivity contribution in [3.05, 3.63) is 22.2 Å². The third kappa shape index (κ3) is 4.60. The molecule has 0 saturated heterocycles. The Hall–Kier alpha value is -0.0600. The van der Waals surface area contributed by atoms with Crippen LogP contribution in [0.1, 0.15) is 12.5 Å². The van der Waals surface area contributed by atoms with Crippen molar-refractivity contribution >= 4 is 39.3 Å². The van der Waals surface area contributed by atoms with Crippen molar-refractivity contribution in [1.29, 1.82) is 0 Å². The van der Waals surface area contributed by atoms with Gasteiger partial charge in [-0.1, -0.05) is 0 Å². The molecule has 1 aromatic carbocycles. The fourth-order valence-electron chi connectivity index (χ4n) is 1.33. The maximum Gasteiger partial charge on any atom is 0.175 e. The highest BCUT2D eigenvalue weighted by Crippen LogP contribution is 2.37. The van der Waals surface area contributed by atoms with Crippen LogP contribution in [0.25, 0.3) is 0 Å². The van der Waals surface area contributed by atoms with Crippen LogP contribution in [-0.4, -0.2) is 25.2 Å². The predicted octanol–water partition coefficient (Wildman–Crippen LogP) is 4.33. The fraction of sp³-hybridized carbons (Fsp3) is 0.500. The summed E-state index contributed by atoms with van der Waals surface area (Å²) in [4.78, 5) is 0. The summed E-state index contributed by atoms with van der Waals surface area (Å²) < 4.78 is 12.2. The number of thioether (sulfide) groups is 1. The van der Waals surface area contributed by atoms with E-state index in [1.54, 1.807) is 11.8 Å². The van der Waals surface area contributed by atoms with Crippen LogP contribution in [0.3, 0.4) is 0 Å². The largest absolute Gasteiger partial charge is 0.490 e. The molecule has 0 fully saturated rings. The lowest BCUT2D eigenvalue weighted by atomic mass is 10.2. The van der Waals surface area contributed by atoms with Crippen LogP contribution in [0.2, 0.25) is 0 Å². The van der Waals surface area contributed by atoms with E-state index in [0.717, 1.165) is 27.3 Å². The first-order valence-electron chi connectivity index (χ1n) is 5.35. The van der Waals surface area contributed by atoms with Gasteiger partial charge in [0.25, 0.3) is 0 Å². The van der Waals surface area contributed by atoms with Crippen LogP contribution in [0.15, 0.2) is 16.6 Å². The first-order chi connectivity index (χ1) is 8.22. The van der Waals surface area contributed by atoms with E-state index in [1.807, 2.05) is 19.1 Å². The molecular formula is C12H16BrClO2S. The van der Waals surface area contributed by atoms with Gasteiger partial charge in [-0.2, -0.15) is 11.8 Å². The lowest BCUT2D eigenvalue weighted by Gasteiger charge is -2.14. The van der Waals surface area contributed by atoms with E-state index in [2.05, 4.69) is 22.2 Å². The maximum atomic E-state index is 5.83. The molecule has 0 aliphatic rings. The van der Waals surface area contributed by atoms with Gasteiger partial charge in [-0.05, 0) is 46.8 Å². The van der Waals surface area contributed by atoms with Crippen molar-refractivity contribution in [3.8, 4) is 11.5 Å². The fourth-order valence-corrected chi connectivity index (χ4v) is 2.34. The molecule has 0 aliphatic heterocycles. The monoisotopic (exact) mass is 338 g/mol. The average Bonchev–Trinajstić information content (AvgIpc) is 2.32. The van der Waals surface area contributed by atoms with Gasteiger partial charge in [0.1, 0.15) is 0 Å². The van der Waals surface area contributed by atoms with Crippen LogP contribution < -0.4 is 9.47 Å². The maximum absolute atomic E-state index is 5.83. The summed E-state index contributed by atoms with van der Waals surface area (Å²) >= 11 is 11.1. The molecule has 0 atom stereocenters. The first kappa shape index (κ1) is 15.0. The molecule has 1 rings (SSSR count). The van der Waals surface area contributed by atoms with Gasteiger partial charge in [-0.25, -0.2) is 0 Å². The van der Waals surface area contributed by atoms with E-state index in [1.165, 1.54) is 0 Å². The molecule has 0 radical (unpaired) electrons.